The summed E-state index contributed by atoms with van der Waals surface area (Å²) in [4.78, 5) is 10.3. The van der Waals surface area contributed by atoms with E-state index >= 15 is 0 Å². The maximum atomic E-state index is 4.57. The van der Waals surface area contributed by atoms with Crippen molar-refractivity contribution in [3.8, 4) is 0 Å². The van der Waals surface area contributed by atoms with Crippen LogP contribution in [0.25, 0.3) is 11.0 Å². The summed E-state index contributed by atoms with van der Waals surface area (Å²) in [6.45, 7) is 2.31. The largest absolute Gasteiger partial charge is 0.353 e. The molecule has 0 amide bonds. The van der Waals surface area contributed by atoms with Crippen molar-refractivity contribution in [3.05, 3.63) is 22.7 Å². The van der Waals surface area contributed by atoms with Crippen LogP contribution in [0.15, 0.2) is 22.7 Å². The highest BCUT2D eigenvalue weighted by Gasteiger charge is 2.17. The predicted molar refractivity (Wildman–Crippen MR) is 77.9 cm³/mol. The van der Waals surface area contributed by atoms with Crippen molar-refractivity contribution in [2.45, 2.75) is 18.9 Å². The number of imidazole rings is 1. The molecule has 0 bridgehead atoms. The highest BCUT2D eigenvalue weighted by molar-refractivity contribution is 9.10. The lowest BCUT2D eigenvalue weighted by Crippen LogP contribution is -2.36. The van der Waals surface area contributed by atoms with E-state index in [1.54, 1.807) is 0 Å². The van der Waals surface area contributed by atoms with Gasteiger partial charge in [0.15, 0.2) is 0 Å². The summed E-state index contributed by atoms with van der Waals surface area (Å²) in [7, 11) is 2.18. The number of H-pyrrole nitrogens is 1. The third kappa shape index (κ3) is 2.52. The number of rotatable bonds is 2. The summed E-state index contributed by atoms with van der Waals surface area (Å²) < 4.78 is 1.07. The van der Waals surface area contributed by atoms with Crippen LogP contribution in [0.5, 0.6) is 0 Å². The Hall–Kier alpha value is -1.07. The van der Waals surface area contributed by atoms with Crippen LogP contribution in [-0.4, -0.2) is 41.0 Å². The molecule has 4 nitrogen and oxygen atoms in total. The molecule has 1 aliphatic heterocycles. The molecule has 18 heavy (non-hydrogen) atoms. The molecular formula is C13H17BrN4. The van der Waals surface area contributed by atoms with Gasteiger partial charge in [0.1, 0.15) is 0 Å². The number of halogens is 1. The van der Waals surface area contributed by atoms with Gasteiger partial charge in [-0.3, -0.25) is 0 Å². The van der Waals surface area contributed by atoms with Crippen molar-refractivity contribution < 1.29 is 0 Å². The molecule has 1 fully saturated rings. The second-order valence-electron chi connectivity index (χ2n) is 4.97. The standard InChI is InChI=1S/C13H17BrN4/c1-18-6-4-10(5-7-18)15-13-16-11-3-2-9(14)8-12(11)17-13/h2-3,8,10H,4-7H2,1H3,(H2,15,16,17). The summed E-state index contributed by atoms with van der Waals surface area (Å²) in [5.41, 5.74) is 2.08. The second kappa shape index (κ2) is 4.90. The van der Waals surface area contributed by atoms with Gasteiger partial charge in [0, 0.05) is 10.5 Å². The van der Waals surface area contributed by atoms with E-state index in [0.717, 1.165) is 34.5 Å². The lowest BCUT2D eigenvalue weighted by Gasteiger charge is -2.29. The van der Waals surface area contributed by atoms with Gasteiger partial charge in [-0.1, -0.05) is 15.9 Å². The summed E-state index contributed by atoms with van der Waals surface area (Å²) in [5, 5.41) is 3.50. The van der Waals surface area contributed by atoms with Crippen LogP contribution >= 0.6 is 15.9 Å². The Kier molecular flexibility index (Phi) is 3.26. The Morgan fingerprint density at radius 3 is 2.94 bits per heavy atom. The van der Waals surface area contributed by atoms with Gasteiger partial charge in [-0.05, 0) is 51.2 Å². The van der Waals surface area contributed by atoms with E-state index in [9.17, 15) is 0 Å². The molecule has 1 aliphatic rings. The normalized spacial score (nSPS) is 18.3. The van der Waals surface area contributed by atoms with E-state index in [4.69, 9.17) is 0 Å². The van der Waals surface area contributed by atoms with Crippen LogP contribution < -0.4 is 5.32 Å². The molecule has 0 unspecified atom stereocenters. The van der Waals surface area contributed by atoms with E-state index in [-0.39, 0.29) is 0 Å². The smallest absolute Gasteiger partial charge is 0.201 e. The molecule has 96 valence electrons. The zero-order valence-electron chi connectivity index (χ0n) is 10.4. The zero-order valence-corrected chi connectivity index (χ0v) is 12.0. The Balaban J connectivity index is 1.74. The Morgan fingerprint density at radius 2 is 2.17 bits per heavy atom. The first-order valence-electron chi connectivity index (χ1n) is 6.31. The number of hydrogen-bond donors (Lipinski definition) is 2. The average molecular weight is 309 g/mol. The maximum Gasteiger partial charge on any atom is 0.201 e. The number of nitrogens with zero attached hydrogens (tertiary/aromatic N) is 2. The minimum Gasteiger partial charge on any atom is -0.353 e. The quantitative estimate of drug-likeness (QED) is 0.896. The number of aromatic nitrogens is 2. The minimum absolute atomic E-state index is 0.533. The summed E-state index contributed by atoms with van der Waals surface area (Å²) >= 11 is 3.47. The van der Waals surface area contributed by atoms with E-state index in [2.05, 4.69) is 49.2 Å². The predicted octanol–water partition coefficient (Wildman–Crippen LogP) is 2.83. The highest BCUT2D eigenvalue weighted by atomic mass is 79.9. The molecule has 0 radical (unpaired) electrons. The number of hydrogen-bond acceptors (Lipinski definition) is 3. The number of benzene rings is 1. The van der Waals surface area contributed by atoms with Gasteiger partial charge >= 0.3 is 0 Å². The third-order valence-electron chi connectivity index (χ3n) is 3.50. The molecule has 0 atom stereocenters. The summed E-state index contributed by atoms with van der Waals surface area (Å²) in [6.07, 6.45) is 2.36. The molecule has 0 aliphatic carbocycles. The van der Waals surface area contributed by atoms with Gasteiger partial charge < -0.3 is 15.2 Å². The third-order valence-corrected chi connectivity index (χ3v) is 4.00. The minimum atomic E-state index is 0.533. The van der Waals surface area contributed by atoms with Crippen molar-refractivity contribution in [3.63, 3.8) is 0 Å². The van der Waals surface area contributed by atoms with Gasteiger partial charge in [0.25, 0.3) is 0 Å². The molecule has 2 N–H and O–H groups in total. The number of anilines is 1. The molecule has 1 saturated heterocycles. The second-order valence-corrected chi connectivity index (χ2v) is 5.88. The van der Waals surface area contributed by atoms with Gasteiger partial charge in [-0.25, -0.2) is 4.98 Å². The van der Waals surface area contributed by atoms with Crippen LogP contribution in [0, 0.1) is 0 Å². The summed E-state index contributed by atoms with van der Waals surface area (Å²) in [5.74, 6) is 0.887. The van der Waals surface area contributed by atoms with Crippen LogP contribution in [0.4, 0.5) is 5.95 Å². The Bertz CT molecular complexity index is 543. The number of fused-ring (bicyclic) bond motifs is 1. The van der Waals surface area contributed by atoms with Gasteiger partial charge in [0.2, 0.25) is 5.95 Å². The first kappa shape index (κ1) is 12.0. The number of nitrogens with one attached hydrogen (secondary N) is 2. The Labute approximate surface area is 115 Å². The molecule has 0 spiro atoms. The fourth-order valence-corrected chi connectivity index (χ4v) is 2.76. The first-order valence-corrected chi connectivity index (χ1v) is 7.10. The van der Waals surface area contributed by atoms with E-state index in [1.165, 1.54) is 12.8 Å². The van der Waals surface area contributed by atoms with Crippen molar-refractivity contribution in [2.75, 3.05) is 25.5 Å². The Morgan fingerprint density at radius 1 is 1.39 bits per heavy atom. The molecule has 5 heteroatoms. The monoisotopic (exact) mass is 308 g/mol. The van der Waals surface area contributed by atoms with Crippen molar-refractivity contribution >= 4 is 32.9 Å². The fraction of sp³-hybridized carbons (Fsp3) is 0.462. The molecule has 1 aromatic carbocycles. The van der Waals surface area contributed by atoms with Crippen LogP contribution in [0.3, 0.4) is 0 Å². The summed E-state index contributed by atoms with van der Waals surface area (Å²) in [6, 6.07) is 6.63. The van der Waals surface area contributed by atoms with Crippen LogP contribution in [0.1, 0.15) is 12.8 Å². The van der Waals surface area contributed by atoms with E-state index in [1.807, 2.05) is 12.1 Å². The van der Waals surface area contributed by atoms with Crippen molar-refractivity contribution in [1.82, 2.24) is 14.9 Å². The van der Waals surface area contributed by atoms with E-state index in [0.29, 0.717) is 6.04 Å². The van der Waals surface area contributed by atoms with Gasteiger partial charge in [0.05, 0.1) is 11.0 Å². The van der Waals surface area contributed by atoms with Crippen LogP contribution in [0.2, 0.25) is 0 Å². The SMILES string of the molecule is CN1CCC(Nc2nc3ccc(Br)cc3[nH]2)CC1. The average Bonchev–Trinajstić information content (AvgIpc) is 2.73. The number of aromatic amines is 1. The number of likely N-dealkylation sites (tertiary alicyclic amines) is 1. The molecule has 2 aromatic rings. The topological polar surface area (TPSA) is 44.0 Å². The lowest BCUT2D eigenvalue weighted by atomic mass is 10.1. The zero-order chi connectivity index (χ0) is 12.5. The van der Waals surface area contributed by atoms with Gasteiger partial charge in [-0.2, -0.15) is 0 Å². The molecule has 1 aromatic heterocycles. The first-order chi connectivity index (χ1) is 8.70. The molecule has 3 rings (SSSR count). The van der Waals surface area contributed by atoms with Crippen molar-refractivity contribution in [2.24, 2.45) is 0 Å². The molecule has 2 heterocycles. The highest BCUT2D eigenvalue weighted by Crippen LogP contribution is 2.21. The molecular weight excluding hydrogens is 292 g/mol. The maximum absolute atomic E-state index is 4.57. The molecule has 0 saturated carbocycles. The fourth-order valence-electron chi connectivity index (χ4n) is 2.40. The van der Waals surface area contributed by atoms with Gasteiger partial charge in [-0.15, -0.1) is 0 Å². The van der Waals surface area contributed by atoms with Crippen molar-refractivity contribution in [1.29, 1.82) is 0 Å². The lowest BCUT2D eigenvalue weighted by molar-refractivity contribution is 0.263. The van der Waals surface area contributed by atoms with Crippen LogP contribution in [-0.2, 0) is 0 Å². The van der Waals surface area contributed by atoms with E-state index < -0.39 is 0 Å². The number of piperidine rings is 1.